The molecule has 0 nitrogen and oxygen atoms in total. The molecule has 0 aliphatic heterocycles. The largest absolute Gasteiger partial charge is 0.0888 e. The molecule has 0 rings (SSSR count). The van der Waals surface area contributed by atoms with Crippen LogP contribution in [0.5, 0.6) is 0 Å². The predicted octanol–water partition coefficient (Wildman–Crippen LogP) is 12.4. The average Bonchev–Trinajstić information content (AvgIpc) is 2.80. The maximum absolute atomic E-state index is 2.46. The van der Waals surface area contributed by atoms with Gasteiger partial charge in [0, 0.05) is 0 Å². The number of unbranched alkanes of at least 4 members (excludes halogenated alkanes) is 21. The molecule has 32 heavy (non-hydrogen) atoms. The van der Waals surface area contributed by atoms with Gasteiger partial charge in [-0.3, -0.25) is 0 Å². The Morgan fingerprint density at radius 2 is 0.750 bits per heavy atom. The van der Waals surface area contributed by atoms with E-state index < -0.39 is 0 Å². The van der Waals surface area contributed by atoms with E-state index in [1.165, 1.54) is 167 Å². The second kappa shape index (κ2) is 28.8. The smallest absolute Gasteiger partial charge is 0.0351 e. The van der Waals surface area contributed by atoms with Crippen LogP contribution >= 0.6 is 0 Å². The number of hydrogen-bond acceptors (Lipinski definition) is 0. The van der Waals surface area contributed by atoms with Crippen molar-refractivity contribution in [2.24, 2.45) is 5.92 Å². The molecule has 0 amide bonds. The van der Waals surface area contributed by atoms with Crippen molar-refractivity contribution < 1.29 is 0 Å². The molecular weight excluding hydrogens is 384 g/mol. The summed E-state index contributed by atoms with van der Waals surface area (Å²) in [6.07, 6.45) is 42.4. The first kappa shape index (κ1) is 31.7. The lowest BCUT2D eigenvalue weighted by molar-refractivity contribution is 0.444. The Bertz CT molecular complexity index is 342. The lowest BCUT2D eigenvalue weighted by Gasteiger charge is -2.10. The summed E-state index contributed by atoms with van der Waals surface area (Å²) in [5, 5.41) is 0. The van der Waals surface area contributed by atoms with Gasteiger partial charge < -0.3 is 0 Å². The van der Waals surface area contributed by atoms with Crippen LogP contribution in [0.1, 0.15) is 188 Å². The van der Waals surface area contributed by atoms with Crippen molar-refractivity contribution in [3.05, 3.63) is 12.2 Å². The van der Waals surface area contributed by atoms with Crippen molar-refractivity contribution in [2.45, 2.75) is 188 Å². The molecule has 1 unspecified atom stereocenters. The molecule has 0 heterocycles. The lowest BCUT2D eigenvalue weighted by Crippen LogP contribution is -1.94. The molecule has 0 aliphatic carbocycles. The van der Waals surface area contributed by atoms with Crippen LogP contribution in [0.4, 0.5) is 0 Å². The Balaban J connectivity index is 3.09. The van der Waals surface area contributed by atoms with Crippen LogP contribution in [0, 0.1) is 5.92 Å². The van der Waals surface area contributed by atoms with Crippen LogP contribution in [-0.2, 0) is 0 Å². The molecule has 0 aliphatic rings. The van der Waals surface area contributed by atoms with E-state index in [-0.39, 0.29) is 0 Å². The lowest BCUT2D eigenvalue weighted by atomic mass is 9.96. The molecule has 0 fully saturated rings. The van der Waals surface area contributed by atoms with E-state index in [9.17, 15) is 0 Å². The molecule has 0 radical (unpaired) electrons. The topological polar surface area (TPSA) is 0 Å². The van der Waals surface area contributed by atoms with Gasteiger partial charge in [0.2, 0.25) is 0 Å². The minimum atomic E-state index is 0.936. The quantitative estimate of drug-likeness (QED) is 0.0865. The maximum atomic E-state index is 2.46. The zero-order chi connectivity index (χ0) is 23.4. The molecule has 0 aromatic carbocycles. The van der Waals surface area contributed by atoms with Crippen LogP contribution in [0.3, 0.4) is 0 Å². The molecule has 0 saturated carbocycles. The van der Waals surface area contributed by atoms with E-state index in [1.54, 1.807) is 0 Å². The normalized spacial score (nSPS) is 12.7. The minimum Gasteiger partial charge on any atom is -0.0888 e. The molecular formula is C32H64. The number of hydrogen-bond donors (Lipinski definition) is 0. The maximum Gasteiger partial charge on any atom is -0.0351 e. The van der Waals surface area contributed by atoms with Crippen LogP contribution in [-0.4, -0.2) is 0 Å². The van der Waals surface area contributed by atoms with Crippen LogP contribution in [0.2, 0.25) is 0 Å². The van der Waals surface area contributed by atoms with Crippen LogP contribution in [0.25, 0.3) is 0 Å². The highest BCUT2D eigenvalue weighted by Crippen LogP contribution is 2.18. The summed E-state index contributed by atoms with van der Waals surface area (Å²) >= 11 is 0. The van der Waals surface area contributed by atoms with Crippen LogP contribution in [0.15, 0.2) is 12.2 Å². The fraction of sp³-hybridized carbons (Fsp3) is 0.938. The molecule has 192 valence electrons. The highest BCUT2D eigenvalue weighted by molar-refractivity contribution is 4.79. The monoisotopic (exact) mass is 449 g/mol. The van der Waals surface area contributed by atoms with Crippen molar-refractivity contribution in [1.82, 2.24) is 0 Å². The fourth-order valence-corrected chi connectivity index (χ4v) is 4.94. The second-order valence-corrected chi connectivity index (χ2v) is 10.8. The third-order valence-electron chi connectivity index (χ3n) is 7.27. The first-order chi connectivity index (χ1) is 15.8. The Labute approximate surface area is 205 Å². The molecule has 0 N–H and O–H groups in total. The highest BCUT2D eigenvalue weighted by atomic mass is 14.1. The van der Waals surface area contributed by atoms with Crippen LogP contribution < -0.4 is 0 Å². The van der Waals surface area contributed by atoms with Gasteiger partial charge in [0.1, 0.15) is 0 Å². The summed E-state index contributed by atoms with van der Waals surface area (Å²) in [5.74, 6) is 0.936. The number of allylic oxidation sites excluding steroid dienone is 2. The summed E-state index contributed by atoms with van der Waals surface area (Å²) in [6.45, 7) is 6.99. The Morgan fingerprint density at radius 3 is 1.12 bits per heavy atom. The van der Waals surface area contributed by atoms with E-state index in [1.807, 2.05) is 0 Å². The Hall–Kier alpha value is -0.260. The van der Waals surface area contributed by atoms with Crippen molar-refractivity contribution in [2.75, 3.05) is 0 Å². The van der Waals surface area contributed by atoms with Crippen molar-refractivity contribution >= 4 is 0 Å². The van der Waals surface area contributed by atoms with E-state index in [0.717, 1.165) is 5.92 Å². The summed E-state index contributed by atoms with van der Waals surface area (Å²) in [4.78, 5) is 0. The van der Waals surface area contributed by atoms with Crippen molar-refractivity contribution in [3.63, 3.8) is 0 Å². The first-order valence-corrected chi connectivity index (χ1v) is 15.5. The summed E-state index contributed by atoms with van der Waals surface area (Å²) in [5.41, 5.74) is 0. The molecule has 0 aromatic rings. The molecule has 0 aromatic heterocycles. The molecule has 0 bridgehead atoms. The zero-order valence-corrected chi connectivity index (χ0v) is 23.1. The van der Waals surface area contributed by atoms with Crippen molar-refractivity contribution in [1.29, 1.82) is 0 Å². The summed E-state index contributed by atoms with van der Waals surface area (Å²) < 4.78 is 0. The summed E-state index contributed by atoms with van der Waals surface area (Å²) in [7, 11) is 0. The van der Waals surface area contributed by atoms with Gasteiger partial charge in [0.25, 0.3) is 0 Å². The minimum absolute atomic E-state index is 0.936. The van der Waals surface area contributed by atoms with Gasteiger partial charge >= 0.3 is 0 Å². The highest BCUT2D eigenvalue weighted by Gasteiger charge is 2.01. The Morgan fingerprint density at radius 1 is 0.406 bits per heavy atom. The standard InChI is InChI=1S/C32H64/c1-4-6-8-10-11-12-13-14-15-16-17-18-19-20-21-22-23-24-25-27-29-31-32(3)30-28-26-9-7-5-2/h7,9,32H,4-6,8,10-31H2,1-3H3. The predicted molar refractivity (Wildman–Crippen MR) is 150 cm³/mol. The molecule has 0 heteroatoms. The van der Waals surface area contributed by atoms with E-state index in [0.29, 0.717) is 0 Å². The van der Waals surface area contributed by atoms with Gasteiger partial charge in [0.05, 0.1) is 0 Å². The molecule has 0 spiro atoms. The van der Waals surface area contributed by atoms with Crippen molar-refractivity contribution in [3.8, 4) is 0 Å². The first-order valence-electron chi connectivity index (χ1n) is 15.5. The summed E-state index contributed by atoms with van der Waals surface area (Å²) in [6, 6.07) is 0. The third-order valence-corrected chi connectivity index (χ3v) is 7.27. The van der Waals surface area contributed by atoms with Gasteiger partial charge in [-0.05, 0) is 25.2 Å². The van der Waals surface area contributed by atoms with Gasteiger partial charge in [-0.2, -0.15) is 0 Å². The SMILES string of the molecule is CCC=CCCCC(C)CCCCCCCCCCCCCCCCCCCCCCC. The van der Waals surface area contributed by atoms with E-state index in [4.69, 9.17) is 0 Å². The van der Waals surface area contributed by atoms with E-state index >= 15 is 0 Å². The second-order valence-electron chi connectivity index (χ2n) is 10.8. The molecule has 0 saturated heterocycles. The molecule has 1 atom stereocenters. The van der Waals surface area contributed by atoms with Gasteiger partial charge in [-0.25, -0.2) is 0 Å². The Kier molecular flexibility index (Phi) is 28.5. The van der Waals surface area contributed by atoms with Gasteiger partial charge in [-0.15, -0.1) is 0 Å². The zero-order valence-electron chi connectivity index (χ0n) is 23.1. The van der Waals surface area contributed by atoms with Gasteiger partial charge in [0.15, 0.2) is 0 Å². The number of rotatable bonds is 27. The van der Waals surface area contributed by atoms with Gasteiger partial charge in [-0.1, -0.05) is 181 Å². The van der Waals surface area contributed by atoms with E-state index in [2.05, 4.69) is 32.9 Å². The fourth-order valence-electron chi connectivity index (χ4n) is 4.94. The third kappa shape index (κ3) is 27.8. The average molecular weight is 449 g/mol.